The summed E-state index contributed by atoms with van der Waals surface area (Å²) >= 11 is 1.13. The van der Waals surface area contributed by atoms with Crippen LogP contribution in [-0.4, -0.2) is 41.5 Å². The van der Waals surface area contributed by atoms with Crippen molar-refractivity contribution in [3.63, 3.8) is 0 Å². The van der Waals surface area contributed by atoms with Crippen LogP contribution in [0, 0.1) is 10.1 Å². The molecule has 0 atom stereocenters. The van der Waals surface area contributed by atoms with E-state index in [-0.39, 0.29) is 23.1 Å². The van der Waals surface area contributed by atoms with E-state index in [4.69, 9.17) is 4.42 Å². The van der Waals surface area contributed by atoms with Gasteiger partial charge in [0.15, 0.2) is 0 Å². The molecule has 0 saturated carbocycles. The first-order valence-electron chi connectivity index (χ1n) is 8.73. The zero-order chi connectivity index (χ0) is 21.7. The largest absolute Gasteiger partial charge is 0.458 e. The van der Waals surface area contributed by atoms with Crippen LogP contribution >= 0.6 is 11.8 Å². The first kappa shape index (κ1) is 21.5. The van der Waals surface area contributed by atoms with Gasteiger partial charge in [0.1, 0.15) is 23.9 Å². The molecular weight excluding hydrogens is 427 g/mol. The lowest BCUT2D eigenvalue weighted by atomic mass is 10.4. The van der Waals surface area contributed by atoms with Crippen molar-refractivity contribution in [1.29, 1.82) is 0 Å². The van der Waals surface area contributed by atoms with Gasteiger partial charge < -0.3 is 4.42 Å². The molecule has 160 valence electrons. The Hall–Kier alpha value is -3.16. The molecule has 30 heavy (non-hydrogen) atoms. The minimum absolute atomic E-state index is 0.0302. The van der Waals surface area contributed by atoms with Crippen molar-refractivity contribution in [3.05, 3.63) is 52.0 Å². The Morgan fingerprint density at radius 1 is 1.37 bits per heavy atom. The van der Waals surface area contributed by atoms with Gasteiger partial charge in [0.05, 0.1) is 17.7 Å². The number of furan rings is 1. The molecule has 0 aliphatic carbocycles. The van der Waals surface area contributed by atoms with Gasteiger partial charge in [0.2, 0.25) is 5.16 Å². The van der Waals surface area contributed by atoms with Crippen molar-refractivity contribution in [1.82, 2.24) is 24.7 Å². The maximum atomic E-state index is 13.2. The van der Waals surface area contributed by atoms with Crippen LogP contribution in [0.5, 0.6) is 0 Å². The van der Waals surface area contributed by atoms with Gasteiger partial charge in [-0.15, -0.1) is 10.2 Å². The van der Waals surface area contributed by atoms with E-state index in [0.29, 0.717) is 16.2 Å². The number of hydrogen-bond acceptors (Lipinski definition) is 8. The minimum atomic E-state index is -4.71. The fourth-order valence-electron chi connectivity index (χ4n) is 2.30. The molecule has 0 amide bonds. The molecule has 0 spiro atoms. The van der Waals surface area contributed by atoms with Crippen LogP contribution in [0.4, 0.5) is 18.9 Å². The zero-order valence-electron chi connectivity index (χ0n) is 15.6. The molecule has 14 heteroatoms. The van der Waals surface area contributed by atoms with Crippen LogP contribution in [0.3, 0.4) is 0 Å². The van der Waals surface area contributed by atoms with Crippen LogP contribution < -0.4 is 0 Å². The van der Waals surface area contributed by atoms with Crippen molar-refractivity contribution < 1.29 is 22.5 Å². The number of aromatic nitrogens is 5. The summed E-state index contributed by atoms with van der Waals surface area (Å²) < 4.78 is 47.0. The molecule has 0 bridgehead atoms. The first-order valence-corrected chi connectivity index (χ1v) is 9.71. The van der Waals surface area contributed by atoms with Crippen molar-refractivity contribution in [2.75, 3.05) is 5.75 Å². The van der Waals surface area contributed by atoms with Crippen molar-refractivity contribution >= 4 is 23.7 Å². The first-order chi connectivity index (χ1) is 14.3. The summed E-state index contributed by atoms with van der Waals surface area (Å²) in [4.78, 5) is 10.1. The van der Waals surface area contributed by atoms with E-state index in [0.717, 1.165) is 37.0 Å². The Labute approximate surface area is 171 Å². The average molecular weight is 443 g/mol. The summed E-state index contributed by atoms with van der Waals surface area (Å²) in [7, 11) is 0. The summed E-state index contributed by atoms with van der Waals surface area (Å²) in [6.07, 6.45) is 0.464. The lowest BCUT2D eigenvalue weighted by Crippen LogP contribution is -2.13. The molecule has 0 unspecified atom stereocenters. The number of thioether (sulfide) groups is 1. The Kier molecular flexibility index (Phi) is 6.54. The van der Waals surface area contributed by atoms with Crippen molar-refractivity contribution in [2.24, 2.45) is 5.10 Å². The number of alkyl halides is 3. The molecule has 3 heterocycles. The molecule has 10 nitrogen and oxygen atoms in total. The maximum absolute atomic E-state index is 13.2. The summed E-state index contributed by atoms with van der Waals surface area (Å²) in [5.41, 5.74) is -0.163. The Morgan fingerprint density at radius 2 is 2.17 bits per heavy atom. The van der Waals surface area contributed by atoms with Gasteiger partial charge in [-0.25, -0.2) is 0 Å². The van der Waals surface area contributed by atoms with E-state index in [9.17, 15) is 23.3 Å². The van der Waals surface area contributed by atoms with Crippen LogP contribution in [0.25, 0.3) is 0 Å². The van der Waals surface area contributed by atoms with Crippen LogP contribution in [0.15, 0.2) is 39.2 Å². The fraction of sp³-hybridized carbons (Fsp3) is 0.375. The van der Waals surface area contributed by atoms with E-state index < -0.39 is 16.9 Å². The Morgan fingerprint density at radius 3 is 2.83 bits per heavy atom. The highest BCUT2D eigenvalue weighted by Crippen LogP contribution is 2.30. The topological polar surface area (TPSA) is 117 Å². The van der Waals surface area contributed by atoms with Gasteiger partial charge >= 0.3 is 11.9 Å². The summed E-state index contributed by atoms with van der Waals surface area (Å²) in [5, 5.41) is 25.2. The van der Waals surface area contributed by atoms with Crippen LogP contribution in [0.1, 0.15) is 37.1 Å². The van der Waals surface area contributed by atoms with E-state index >= 15 is 0 Å². The van der Waals surface area contributed by atoms with E-state index in [2.05, 4.69) is 20.4 Å². The number of rotatable bonds is 9. The number of halogens is 3. The van der Waals surface area contributed by atoms with Crippen molar-refractivity contribution in [3.8, 4) is 0 Å². The van der Waals surface area contributed by atoms with Gasteiger partial charge in [0.25, 0.3) is 5.82 Å². The molecule has 0 aliphatic heterocycles. The van der Waals surface area contributed by atoms with E-state index in [1.165, 1.54) is 16.9 Å². The highest BCUT2D eigenvalue weighted by Gasteiger charge is 2.39. The third-order valence-corrected chi connectivity index (χ3v) is 4.73. The molecule has 3 aromatic rings. The zero-order valence-corrected chi connectivity index (χ0v) is 16.4. The maximum Gasteiger partial charge on any atom is 0.453 e. The van der Waals surface area contributed by atoms with Crippen LogP contribution in [0.2, 0.25) is 0 Å². The van der Waals surface area contributed by atoms with Crippen molar-refractivity contribution in [2.45, 2.75) is 37.6 Å². The standard InChI is InChI=1S/C16H16F3N7O3S/c1-2-3-6-30-15-23-22-14(16(17,18)19)25(15)21-8-12-4-5-13(29-12)10-24-9-11(7-20-24)26(27)28/h4-5,7-9H,2-3,6,10H2,1H3. The highest BCUT2D eigenvalue weighted by atomic mass is 32.2. The van der Waals surface area contributed by atoms with Gasteiger partial charge in [-0.05, 0) is 18.6 Å². The van der Waals surface area contributed by atoms with Gasteiger partial charge in [-0.2, -0.15) is 28.0 Å². The fourth-order valence-corrected chi connectivity index (χ4v) is 3.27. The molecule has 0 aromatic carbocycles. The number of unbranched alkanes of at least 4 members (excludes halogenated alkanes) is 1. The van der Waals surface area contributed by atoms with Crippen LogP contribution in [-0.2, 0) is 12.7 Å². The summed E-state index contributed by atoms with van der Waals surface area (Å²) in [6, 6.07) is 3.08. The summed E-state index contributed by atoms with van der Waals surface area (Å²) in [6.45, 7) is 2.08. The predicted molar refractivity (Wildman–Crippen MR) is 100 cm³/mol. The number of nitro groups is 1. The molecule has 0 N–H and O–H groups in total. The molecule has 0 fully saturated rings. The van der Waals surface area contributed by atoms with Gasteiger partial charge in [-0.1, -0.05) is 25.1 Å². The monoisotopic (exact) mass is 443 g/mol. The molecule has 0 radical (unpaired) electrons. The van der Waals surface area contributed by atoms with E-state index in [1.807, 2.05) is 6.92 Å². The molecule has 3 aromatic heterocycles. The second-order valence-electron chi connectivity index (χ2n) is 6.02. The minimum Gasteiger partial charge on any atom is -0.458 e. The molecular formula is C16H16F3N7O3S. The lowest BCUT2D eigenvalue weighted by molar-refractivity contribution is -0.385. The summed E-state index contributed by atoms with van der Waals surface area (Å²) in [5.74, 6) is -0.0544. The normalized spacial score (nSPS) is 12.1. The SMILES string of the molecule is CCCCSc1nnc(C(F)(F)F)n1N=Cc1ccc(Cn2cc([N+](=O)[O-])cn2)o1. The predicted octanol–water partition coefficient (Wildman–Crippen LogP) is 3.82. The third-order valence-electron chi connectivity index (χ3n) is 3.73. The quantitative estimate of drug-likeness (QED) is 0.162. The smallest absolute Gasteiger partial charge is 0.453 e. The molecule has 0 saturated heterocycles. The average Bonchev–Trinajstić information content (AvgIpc) is 3.40. The van der Waals surface area contributed by atoms with Gasteiger partial charge in [0, 0.05) is 5.75 Å². The highest BCUT2D eigenvalue weighted by molar-refractivity contribution is 7.99. The lowest BCUT2D eigenvalue weighted by Gasteiger charge is -2.06. The van der Waals surface area contributed by atoms with E-state index in [1.54, 1.807) is 6.07 Å². The molecule has 0 aliphatic rings. The Balaban J connectivity index is 1.76. The number of hydrogen-bond donors (Lipinski definition) is 0. The second kappa shape index (κ2) is 9.11. The Bertz CT molecular complexity index is 1040. The molecule has 3 rings (SSSR count). The third kappa shape index (κ3) is 5.25. The van der Waals surface area contributed by atoms with Gasteiger partial charge in [-0.3, -0.25) is 14.8 Å². The second-order valence-corrected chi connectivity index (χ2v) is 7.08. The number of nitrogens with zero attached hydrogens (tertiary/aromatic N) is 7.